The third kappa shape index (κ3) is 3.76. The molecule has 28 heavy (non-hydrogen) atoms. The molecular formula is C21H13Cl2NO2S2. The molecule has 7 heteroatoms. The van der Waals surface area contributed by atoms with Gasteiger partial charge in [-0.15, -0.1) is 0 Å². The number of anilines is 1. The number of benzene rings is 2. The molecule has 0 bridgehead atoms. The van der Waals surface area contributed by atoms with Crippen LogP contribution in [0.2, 0.25) is 10.0 Å². The number of thioether (sulfide) groups is 1. The fourth-order valence-electron chi connectivity index (χ4n) is 2.85. The van der Waals surface area contributed by atoms with Gasteiger partial charge in [-0.3, -0.25) is 9.69 Å². The second-order valence-electron chi connectivity index (χ2n) is 6.18. The van der Waals surface area contributed by atoms with Crippen LogP contribution in [0.4, 0.5) is 5.69 Å². The maximum atomic E-state index is 12.9. The molecular weight excluding hydrogens is 433 g/mol. The molecule has 0 N–H and O–H groups in total. The first-order valence-corrected chi connectivity index (χ1v) is 10.3. The van der Waals surface area contributed by atoms with Gasteiger partial charge in [-0.2, -0.15) is 0 Å². The van der Waals surface area contributed by atoms with Gasteiger partial charge in [0.05, 0.1) is 15.6 Å². The third-order valence-corrected chi connectivity index (χ3v) is 5.99. The predicted octanol–water partition coefficient (Wildman–Crippen LogP) is 6.97. The lowest BCUT2D eigenvalue weighted by Crippen LogP contribution is -2.27. The molecule has 0 radical (unpaired) electrons. The zero-order valence-corrected chi connectivity index (χ0v) is 17.8. The summed E-state index contributed by atoms with van der Waals surface area (Å²) in [6.07, 6.45) is 1.70. The summed E-state index contributed by atoms with van der Waals surface area (Å²) in [6.45, 7) is 2.03. The molecule has 1 aromatic heterocycles. The maximum Gasteiger partial charge on any atom is 0.270 e. The second-order valence-corrected chi connectivity index (χ2v) is 8.70. The zero-order valence-electron chi connectivity index (χ0n) is 14.6. The Hall–Kier alpha value is -2.05. The summed E-state index contributed by atoms with van der Waals surface area (Å²) in [6, 6.07) is 16.7. The van der Waals surface area contributed by atoms with Crippen molar-refractivity contribution >= 4 is 69.2 Å². The molecule has 1 saturated heterocycles. The summed E-state index contributed by atoms with van der Waals surface area (Å²) in [5.41, 5.74) is 2.65. The minimum atomic E-state index is -0.243. The molecule has 2 aromatic carbocycles. The fourth-order valence-corrected chi connectivity index (χ4v) is 4.61. The highest BCUT2D eigenvalue weighted by atomic mass is 35.5. The van der Waals surface area contributed by atoms with E-state index in [0.717, 1.165) is 16.9 Å². The average Bonchev–Trinajstić information content (AvgIpc) is 3.21. The lowest BCUT2D eigenvalue weighted by atomic mass is 10.1. The SMILES string of the molecule is Cc1cccc(-c2ccc(/C=C3\SC(=S)N(c4ccc(Cl)cc4Cl)C3=O)o2)c1. The zero-order chi connectivity index (χ0) is 19.8. The monoisotopic (exact) mass is 445 g/mol. The van der Waals surface area contributed by atoms with Crippen LogP contribution in [0.5, 0.6) is 0 Å². The van der Waals surface area contributed by atoms with E-state index >= 15 is 0 Å². The Bertz CT molecular complexity index is 1140. The molecule has 1 aliphatic rings. The number of hydrogen-bond acceptors (Lipinski definition) is 4. The minimum Gasteiger partial charge on any atom is -0.457 e. The van der Waals surface area contributed by atoms with Crippen molar-refractivity contribution in [3.8, 4) is 11.3 Å². The van der Waals surface area contributed by atoms with Gasteiger partial charge in [0.2, 0.25) is 0 Å². The summed E-state index contributed by atoms with van der Waals surface area (Å²) in [7, 11) is 0. The van der Waals surface area contributed by atoms with Crippen molar-refractivity contribution in [1.82, 2.24) is 0 Å². The van der Waals surface area contributed by atoms with Gasteiger partial charge >= 0.3 is 0 Å². The van der Waals surface area contributed by atoms with Crippen molar-refractivity contribution in [2.24, 2.45) is 0 Å². The number of rotatable bonds is 3. The first-order valence-electron chi connectivity index (χ1n) is 8.32. The van der Waals surface area contributed by atoms with Crippen molar-refractivity contribution in [2.45, 2.75) is 6.92 Å². The molecule has 3 aromatic rings. The third-order valence-electron chi connectivity index (χ3n) is 4.15. The highest BCUT2D eigenvalue weighted by molar-refractivity contribution is 8.27. The van der Waals surface area contributed by atoms with Gasteiger partial charge in [-0.05, 0) is 43.3 Å². The fraction of sp³-hybridized carbons (Fsp3) is 0.0476. The molecule has 0 spiro atoms. The van der Waals surface area contributed by atoms with Crippen molar-refractivity contribution in [2.75, 3.05) is 4.90 Å². The Kier molecular flexibility index (Phi) is 5.34. The van der Waals surface area contributed by atoms with E-state index in [1.807, 2.05) is 43.3 Å². The number of nitrogens with zero attached hydrogens (tertiary/aromatic N) is 1. The Morgan fingerprint density at radius 3 is 2.68 bits per heavy atom. The van der Waals surface area contributed by atoms with Gasteiger partial charge in [0.15, 0.2) is 4.32 Å². The van der Waals surface area contributed by atoms with E-state index in [2.05, 4.69) is 0 Å². The molecule has 4 rings (SSSR count). The number of amides is 1. The lowest BCUT2D eigenvalue weighted by Gasteiger charge is -2.16. The molecule has 0 unspecified atom stereocenters. The van der Waals surface area contributed by atoms with E-state index in [1.165, 1.54) is 16.7 Å². The smallest absolute Gasteiger partial charge is 0.270 e. The number of aryl methyl sites for hydroxylation is 1. The molecule has 1 amide bonds. The summed E-state index contributed by atoms with van der Waals surface area (Å²) < 4.78 is 6.31. The number of thiocarbonyl (C=S) groups is 1. The van der Waals surface area contributed by atoms with Gasteiger partial charge in [0, 0.05) is 16.7 Å². The van der Waals surface area contributed by atoms with E-state index < -0.39 is 0 Å². The first-order chi connectivity index (χ1) is 13.4. The summed E-state index contributed by atoms with van der Waals surface area (Å²) in [5, 5.41) is 0.860. The van der Waals surface area contributed by atoms with Gasteiger partial charge in [-0.1, -0.05) is 70.9 Å². The van der Waals surface area contributed by atoms with E-state index in [4.69, 9.17) is 39.8 Å². The maximum absolute atomic E-state index is 12.9. The van der Waals surface area contributed by atoms with Crippen molar-refractivity contribution in [3.05, 3.63) is 80.9 Å². The van der Waals surface area contributed by atoms with Gasteiger partial charge in [0.25, 0.3) is 5.91 Å². The van der Waals surface area contributed by atoms with E-state index in [0.29, 0.717) is 30.7 Å². The quantitative estimate of drug-likeness (QED) is 0.321. The predicted molar refractivity (Wildman–Crippen MR) is 121 cm³/mol. The number of furan rings is 1. The molecule has 1 aliphatic heterocycles. The van der Waals surface area contributed by atoms with Crippen LogP contribution in [-0.2, 0) is 4.79 Å². The highest BCUT2D eigenvalue weighted by Crippen LogP contribution is 2.40. The Morgan fingerprint density at radius 2 is 1.93 bits per heavy atom. The van der Waals surface area contributed by atoms with Gasteiger partial charge in [-0.25, -0.2) is 0 Å². The molecule has 0 atom stereocenters. The molecule has 0 saturated carbocycles. The van der Waals surface area contributed by atoms with E-state index in [1.54, 1.807) is 24.3 Å². The normalized spacial score (nSPS) is 15.7. The van der Waals surface area contributed by atoms with Crippen molar-refractivity contribution < 1.29 is 9.21 Å². The van der Waals surface area contributed by atoms with Crippen LogP contribution >= 0.6 is 47.2 Å². The van der Waals surface area contributed by atoms with Crippen LogP contribution < -0.4 is 4.90 Å². The first kappa shape index (κ1) is 19.3. The van der Waals surface area contributed by atoms with Crippen LogP contribution in [0, 0.1) is 6.92 Å². The van der Waals surface area contributed by atoms with E-state index in [-0.39, 0.29) is 5.91 Å². The Morgan fingerprint density at radius 1 is 1.11 bits per heavy atom. The average molecular weight is 446 g/mol. The van der Waals surface area contributed by atoms with Crippen LogP contribution in [0.15, 0.2) is 63.9 Å². The van der Waals surface area contributed by atoms with Crippen LogP contribution in [0.25, 0.3) is 17.4 Å². The number of carbonyl (C=O) groups excluding carboxylic acids is 1. The van der Waals surface area contributed by atoms with Crippen LogP contribution in [0.1, 0.15) is 11.3 Å². The molecule has 0 aliphatic carbocycles. The largest absolute Gasteiger partial charge is 0.457 e. The summed E-state index contributed by atoms with van der Waals surface area (Å²) in [5.74, 6) is 1.08. The summed E-state index contributed by atoms with van der Waals surface area (Å²) >= 11 is 18.8. The van der Waals surface area contributed by atoms with Crippen molar-refractivity contribution in [3.63, 3.8) is 0 Å². The molecule has 3 nitrogen and oxygen atoms in total. The number of halogens is 2. The molecule has 2 heterocycles. The minimum absolute atomic E-state index is 0.243. The lowest BCUT2D eigenvalue weighted by molar-refractivity contribution is -0.113. The topological polar surface area (TPSA) is 33.5 Å². The Balaban J connectivity index is 1.63. The molecule has 1 fully saturated rings. The number of carbonyl (C=O) groups is 1. The Labute approximate surface area is 181 Å². The van der Waals surface area contributed by atoms with Gasteiger partial charge in [0.1, 0.15) is 11.5 Å². The van der Waals surface area contributed by atoms with Gasteiger partial charge < -0.3 is 4.42 Å². The highest BCUT2D eigenvalue weighted by Gasteiger charge is 2.34. The van der Waals surface area contributed by atoms with Crippen LogP contribution in [0.3, 0.4) is 0 Å². The second kappa shape index (κ2) is 7.76. The summed E-state index contributed by atoms with van der Waals surface area (Å²) in [4.78, 5) is 14.8. The number of hydrogen-bond donors (Lipinski definition) is 0. The van der Waals surface area contributed by atoms with Crippen LogP contribution in [-0.4, -0.2) is 10.2 Å². The van der Waals surface area contributed by atoms with E-state index in [9.17, 15) is 4.79 Å². The molecule has 140 valence electrons. The van der Waals surface area contributed by atoms with Crippen molar-refractivity contribution in [1.29, 1.82) is 0 Å². The standard InChI is InChI=1S/C21H13Cl2NO2S2/c1-12-3-2-4-13(9-12)18-8-6-15(26-18)11-19-20(25)24(21(27)28-19)17-7-5-14(22)10-16(17)23/h2-11H,1H3/b19-11-.